The van der Waals surface area contributed by atoms with E-state index in [1.54, 1.807) is 36.6 Å². The maximum absolute atomic E-state index is 12.4. The van der Waals surface area contributed by atoms with Crippen molar-refractivity contribution in [2.45, 2.75) is 6.92 Å². The minimum Gasteiger partial charge on any atom is -0.496 e. The number of halogens is 1. The van der Waals surface area contributed by atoms with Gasteiger partial charge in [0.2, 0.25) is 0 Å². The van der Waals surface area contributed by atoms with Crippen molar-refractivity contribution in [3.63, 3.8) is 0 Å². The summed E-state index contributed by atoms with van der Waals surface area (Å²) in [5, 5.41) is 6.91. The Labute approximate surface area is 197 Å². The highest BCUT2D eigenvalue weighted by atomic mass is 79.9. The predicted molar refractivity (Wildman–Crippen MR) is 134 cm³/mol. The molecule has 0 bridgehead atoms. The van der Waals surface area contributed by atoms with Crippen molar-refractivity contribution in [3.8, 4) is 16.3 Å². The van der Waals surface area contributed by atoms with Gasteiger partial charge >= 0.3 is 0 Å². The minimum atomic E-state index is -0.303. The molecule has 0 aliphatic rings. The number of thiazole rings is 1. The lowest BCUT2D eigenvalue weighted by Crippen LogP contribution is -2.34. The molecule has 0 radical (unpaired) electrons. The van der Waals surface area contributed by atoms with Gasteiger partial charge < -0.3 is 10.1 Å². The summed E-state index contributed by atoms with van der Waals surface area (Å²) >= 11 is 10.3. The third-order valence-electron chi connectivity index (χ3n) is 4.57. The van der Waals surface area contributed by atoms with Gasteiger partial charge in [0.25, 0.3) is 5.91 Å². The third-order valence-corrected chi connectivity index (χ3v) is 6.47. The van der Waals surface area contributed by atoms with E-state index in [1.807, 2.05) is 30.3 Å². The molecule has 1 aromatic heterocycles. The fourth-order valence-electron chi connectivity index (χ4n) is 3.00. The quantitative estimate of drug-likeness (QED) is 0.320. The van der Waals surface area contributed by atoms with Crippen LogP contribution in [0.1, 0.15) is 15.9 Å². The Balaban J connectivity index is 1.41. The van der Waals surface area contributed by atoms with E-state index in [0.29, 0.717) is 15.8 Å². The van der Waals surface area contributed by atoms with Gasteiger partial charge in [-0.15, -0.1) is 11.3 Å². The second-order valence-corrected chi connectivity index (χ2v) is 9.12. The number of carbonyl (C=O) groups excluding carboxylic acids is 1. The largest absolute Gasteiger partial charge is 0.496 e. The van der Waals surface area contributed by atoms with Crippen molar-refractivity contribution < 1.29 is 9.53 Å². The SMILES string of the molecule is COc1ccc(C(=O)NC(=S)Nc2ccc(-c3nc4ccc(C)cc4s3)cc2)cc1Br. The summed E-state index contributed by atoms with van der Waals surface area (Å²) in [6, 6.07) is 19.1. The summed E-state index contributed by atoms with van der Waals surface area (Å²) in [5.74, 6) is 0.350. The molecule has 4 aromatic rings. The summed E-state index contributed by atoms with van der Waals surface area (Å²) in [4.78, 5) is 17.1. The van der Waals surface area contributed by atoms with E-state index in [4.69, 9.17) is 21.9 Å². The van der Waals surface area contributed by atoms with E-state index in [1.165, 1.54) is 10.3 Å². The number of benzene rings is 3. The van der Waals surface area contributed by atoms with E-state index in [9.17, 15) is 4.79 Å². The van der Waals surface area contributed by atoms with Gasteiger partial charge in [-0.25, -0.2) is 4.98 Å². The summed E-state index contributed by atoms with van der Waals surface area (Å²) < 4.78 is 7.05. The van der Waals surface area contributed by atoms with E-state index in [-0.39, 0.29) is 11.0 Å². The van der Waals surface area contributed by atoms with Gasteiger partial charge in [0, 0.05) is 16.8 Å². The number of aryl methyl sites for hydroxylation is 1. The van der Waals surface area contributed by atoms with Crippen molar-refractivity contribution in [1.82, 2.24) is 10.3 Å². The van der Waals surface area contributed by atoms with Gasteiger partial charge in [-0.05, 0) is 95.2 Å². The Hall–Kier alpha value is -2.81. The zero-order chi connectivity index (χ0) is 22.0. The molecule has 0 saturated carbocycles. The lowest BCUT2D eigenvalue weighted by molar-refractivity contribution is 0.0977. The summed E-state index contributed by atoms with van der Waals surface area (Å²) in [5.41, 5.74) is 4.50. The zero-order valence-electron chi connectivity index (χ0n) is 16.7. The van der Waals surface area contributed by atoms with E-state index >= 15 is 0 Å². The predicted octanol–water partition coefficient (Wildman–Crippen LogP) is 6.17. The average molecular weight is 512 g/mol. The molecule has 8 heteroatoms. The van der Waals surface area contributed by atoms with Crippen molar-refractivity contribution in [2.75, 3.05) is 12.4 Å². The molecule has 4 rings (SSSR count). The van der Waals surface area contributed by atoms with Crippen LogP contribution in [0.4, 0.5) is 5.69 Å². The van der Waals surface area contributed by atoms with Crippen LogP contribution in [0.15, 0.2) is 65.1 Å². The number of nitrogens with one attached hydrogen (secondary N) is 2. The van der Waals surface area contributed by atoms with Crippen LogP contribution < -0.4 is 15.4 Å². The van der Waals surface area contributed by atoms with Gasteiger partial charge in [-0.2, -0.15) is 0 Å². The van der Waals surface area contributed by atoms with Gasteiger partial charge in [0.1, 0.15) is 10.8 Å². The number of ether oxygens (including phenoxy) is 1. The maximum Gasteiger partial charge on any atom is 0.257 e. The standard InChI is InChI=1S/C23H18BrN3O2S2/c1-13-3-9-18-20(11-13)31-22(26-18)14-4-7-16(8-5-14)25-23(30)27-21(28)15-6-10-19(29-2)17(24)12-15/h3-12H,1-2H3,(H2,25,27,28,30). The highest BCUT2D eigenvalue weighted by Gasteiger charge is 2.11. The summed E-state index contributed by atoms with van der Waals surface area (Å²) in [6.07, 6.45) is 0. The van der Waals surface area contributed by atoms with Crippen molar-refractivity contribution >= 4 is 66.4 Å². The highest BCUT2D eigenvalue weighted by Crippen LogP contribution is 2.31. The first-order chi connectivity index (χ1) is 14.9. The van der Waals surface area contributed by atoms with Crippen molar-refractivity contribution in [1.29, 1.82) is 0 Å². The number of nitrogens with zero attached hydrogens (tertiary/aromatic N) is 1. The van der Waals surface area contributed by atoms with Crippen LogP contribution in [0.3, 0.4) is 0 Å². The van der Waals surface area contributed by atoms with Crippen molar-refractivity contribution in [2.24, 2.45) is 0 Å². The molecule has 31 heavy (non-hydrogen) atoms. The molecule has 0 aliphatic heterocycles. The summed E-state index contributed by atoms with van der Waals surface area (Å²) in [6.45, 7) is 2.08. The topological polar surface area (TPSA) is 63.2 Å². The van der Waals surface area contributed by atoms with E-state index in [2.05, 4.69) is 45.6 Å². The number of amides is 1. The lowest BCUT2D eigenvalue weighted by atomic mass is 10.2. The molecule has 0 unspecified atom stereocenters. The second kappa shape index (κ2) is 9.13. The zero-order valence-corrected chi connectivity index (χ0v) is 20.0. The third kappa shape index (κ3) is 4.92. The van der Waals surface area contributed by atoms with Crippen LogP contribution in [0.25, 0.3) is 20.8 Å². The molecule has 0 atom stereocenters. The van der Waals surface area contributed by atoms with E-state index in [0.717, 1.165) is 21.8 Å². The molecule has 5 nitrogen and oxygen atoms in total. The number of thiocarbonyl (C=S) groups is 1. The lowest BCUT2D eigenvalue weighted by Gasteiger charge is -2.11. The van der Waals surface area contributed by atoms with Crippen LogP contribution in [-0.4, -0.2) is 23.1 Å². The van der Waals surface area contributed by atoms with Gasteiger partial charge in [-0.3, -0.25) is 10.1 Å². The Morgan fingerprint density at radius 3 is 2.58 bits per heavy atom. The molecule has 0 fully saturated rings. The molecular formula is C23H18BrN3O2S2. The van der Waals surface area contributed by atoms with Gasteiger partial charge in [-0.1, -0.05) is 6.07 Å². The monoisotopic (exact) mass is 511 g/mol. The molecule has 0 spiro atoms. The van der Waals surface area contributed by atoms with Crippen molar-refractivity contribution in [3.05, 3.63) is 76.3 Å². The summed E-state index contributed by atoms with van der Waals surface area (Å²) in [7, 11) is 1.57. The first-order valence-corrected chi connectivity index (χ1v) is 11.4. The average Bonchev–Trinajstić information content (AvgIpc) is 3.17. The first kappa shape index (κ1) is 21.4. The smallest absolute Gasteiger partial charge is 0.257 e. The molecule has 0 saturated heterocycles. The molecular weight excluding hydrogens is 494 g/mol. The number of hydrogen-bond donors (Lipinski definition) is 2. The van der Waals surface area contributed by atoms with Crippen LogP contribution >= 0.6 is 39.5 Å². The fourth-order valence-corrected chi connectivity index (χ4v) is 4.82. The van der Waals surface area contributed by atoms with Crippen LogP contribution in [-0.2, 0) is 0 Å². The highest BCUT2D eigenvalue weighted by molar-refractivity contribution is 9.10. The first-order valence-electron chi connectivity index (χ1n) is 9.36. The molecule has 3 aromatic carbocycles. The molecule has 2 N–H and O–H groups in total. The minimum absolute atomic E-state index is 0.222. The Bertz CT molecular complexity index is 1290. The van der Waals surface area contributed by atoms with Gasteiger partial charge in [0.15, 0.2) is 5.11 Å². The van der Waals surface area contributed by atoms with E-state index < -0.39 is 0 Å². The fraction of sp³-hybridized carbons (Fsp3) is 0.0870. The number of carbonyl (C=O) groups is 1. The Kier molecular flexibility index (Phi) is 6.31. The molecule has 156 valence electrons. The maximum atomic E-state index is 12.4. The molecule has 0 aliphatic carbocycles. The molecule has 1 heterocycles. The Morgan fingerprint density at radius 1 is 1.10 bits per heavy atom. The number of aromatic nitrogens is 1. The molecule has 1 amide bonds. The van der Waals surface area contributed by atoms with Crippen LogP contribution in [0.5, 0.6) is 5.75 Å². The second-order valence-electron chi connectivity index (χ2n) is 6.83. The van der Waals surface area contributed by atoms with Crippen LogP contribution in [0.2, 0.25) is 0 Å². The number of rotatable bonds is 4. The number of anilines is 1. The normalized spacial score (nSPS) is 10.7. The number of hydrogen-bond acceptors (Lipinski definition) is 5. The van der Waals surface area contributed by atoms with Gasteiger partial charge in [0.05, 0.1) is 21.8 Å². The number of methoxy groups -OCH3 is 1. The van der Waals surface area contributed by atoms with Crippen LogP contribution in [0, 0.1) is 6.92 Å². The Morgan fingerprint density at radius 2 is 1.87 bits per heavy atom. The number of fused-ring (bicyclic) bond motifs is 1.